The molecule has 100 valence electrons. The van der Waals surface area contributed by atoms with Crippen molar-refractivity contribution in [3.05, 3.63) is 35.6 Å². The molecule has 0 amide bonds. The lowest BCUT2D eigenvalue weighted by Gasteiger charge is -2.40. The maximum atomic E-state index is 12.9. The summed E-state index contributed by atoms with van der Waals surface area (Å²) in [6.07, 6.45) is 4.72. The lowest BCUT2D eigenvalue weighted by molar-refractivity contribution is 0.188. The normalized spacial score (nSPS) is 24.4. The molecule has 2 nitrogen and oxygen atoms in total. The fourth-order valence-electron chi connectivity index (χ4n) is 2.97. The summed E-state index contributed by atoms with van der Waals surface area (Å²) in [6, 6.07) is 6.93. The highest BCUT2D eigenvalue weighted by molar-refractivity contribution is 5.19. The van der Waals surface area contributed by atoms with Gasteiger partial charge in [-0.15, -0.1) is 0 Å². The van der Waals surface area contributed by atoms with Crippen LogP contribution >= 0.6 is 0 Å². The molecule has 0 radical (unpaired) electrons. The first kappa shape index (κ1) is 13.5. The average molecular weight is 250 g/mol. The first-order chi connectivity index (χ1) is 8.60. The first-order valence-electron chi connectivity index (χ1n) is 6.74. The highest BCUT2D eigenvalue weighted by atomic mass is 19.1. The van der Waals surface area contributed by atoms with E-state index in [2.05, 4.69) is 24.3 Å². The summed E-state index contributed by atoms with van der Waals surface area (Å²) in [5.41, 5.74) is 1.37. The second-order valence-electron chi connectivity index (χ2n) is 5.71. The number of likely N-dealkylation sites (N-methyl/N-ethyl adjacent to an activating group) is 1. The van der Waals surface area contributed by atoms with Crippen LogP contribution in [0, 0.1) is 5.82 Å². The van der Waals surface area contributed by atoms with Gasteiger partial charge in [-0.2, -0.15) is 0 Å². The monoisotopic (exact) mass is 250 g/mol. The molecule has 1 aliphatic rings. The lowest BCUT2D eigenvalue weighted by atomic mass is 9.83. The Bertz CT molecular complexity index is 367. The van der Waals surface area contributed by atoms with Crippen LogP contribution in [0.4, 0.5) is 4.39 Å². The van der Waals surface area contributed by atoms with Crippen molar-refractivity contribution in [2.75, 3.05) is 27.2 Å². The minimum atomic E-state index is -0.156. The van der Waals surface area contributed by atoms with Gasteiger partial charge in [0.2, 0.25) is 0 Å². The number of nitrogens with zero attached hydrogens (tertiary/aromatic N) is 1. The molecule has 3 heteroatoms. The molecule has 1 aromatic carbocycles. The lowest BCUT2D eigenvalue weighted by Crippen LogP contribution is -2.56. The Morgan fingerprint density at radius 2 is 1.94 bits per heavy atom. The number of nitrogens with one attached hydrogen (secondary N) is 1. The van der Waals surface area contributed by atoms with Gasteiger partial charge >= 0.3 is 0 Å². The Kier molecular flexibility index (Phi) is 4.36. The molecule has 1 N–H and O–H groups in total. The van der Waals surface area contributed by atoms with E-state index < -0.39 is 0 Å². The third kappa shape index (κ3) is 3.53. The van der Waals surface area contributed by atoms with Gasteiger partial charge in [-0.3, -0.25) is 0 Å². The number of piperidine rings is 1. The molecule has 18 heavy (non-hydrogen) atoms. The smallest absolute Gasteiger partial charge is 0.123 e. The minimum Gasteiger partial charge on any atom is -0.310 e. The second-order valence-corrected chi connectivity index (χ2v) is 5.71. The molecule has 0 saturated carbocycles. The van der Waals surface area contributed by atoms with E-state index in [9.17, 15) is 4.39 Å². The molecule has 1 saturated heterocycles. The van der Waals surface area contributed by atoms with Crippen LogP contribution in [0.1, 0.15) is 24.8 Å². The Morgan fingerprint density at radius 1 is 1.22 bits per heavy atom. The van der Waals surface area contributed by atoms with Crippen LogP contribution in [0.3, 0.4) is 0 Å². The van der Waals surface area contributed by atoms with Gasteiger partial charge in [0.25, 0.3) is 0 Å². The van der Waals surface area contributed by atoms with E-state index in [-0.39, 0.29) is 11.4 Å². The fourth-order valence-corrected chi connectivity index (χ4v) is 2.97. The van der Waals surface area contributed by atoms with Crippen molar-refractivity contribution in [1.82, 2.24) is 10.2 Å². The molecule has 1 aromatic rings. The fraction of sp³-hybridized carbons (Fsp3) is 0.600. The third-order valence-corrected chi connectivity index (χ3v) is 3.66. The zero-order chi connectivity index (χ0) is 13.0. The van der Waals surface area contributed by atoms with Crippen LogP contribution < -0.4 is 5.32 Å². The van der Waals surface area contributed by atoms with E-state index in [0.29, 0.717) is 0 Å². The summed E-state index contributed by atoms with van der Waals surface area (Å²) in [4.78, 5) is 2.24. The number of benzene rings is 1. The van der Waals surface area contributed by atoms with Crippen molar-refractivity contribution in [2.24, 2.45) is 0 Å². The number of hydrogen-bond donors (Lipinski definition) is 1. The molecule has 0 bridgehead atoms. The van der Waals surface area contributed by atoms with Crippen LogP contribution in [0.2, 0.25) is 0 Å². The van der Waals surface area contributed by atoms with E-state index in [1.807, 2.05) is 12.1 Å². The van der Waals surface area contributed by atoms with E-state index in [1.165, 1.54) is 24.8 Å². The first-order valence-corrected chi connectivity index (χ1v) is 6.74. The van der Waals surface area contributed by atoms with Gasteiger partial charge in [-0.1, -0.05) is 18.6 Å². The summed E-state index contributed by atoms with van der Waals surface area (Å²) < 4.78 is 12.9. The van der Waals surface area contributed by atoms with Crippen LogP contribution in [-0.2, 0) is 6.42 Å². The maximum Gasteiger partial charge on any atom is 0.123 e. The maximum absolute atomic E-state index is 12.9. The van der Waals surface area contributed by atoms with Crippen LogP contribution in [-0.4, -0.2) is 37.6 Å². The van der Waals surface area contributed by atoms with Gasteiger partial charge in [0.15, 0.2) is 0 Å². The molecular formula is C15H23FN2. The molecule has 1 aliphatic heterocycles. The molecule has 1 atom stereocenters. The van der Waals surface area contributed by atoms with Crippen molar-refractivity contribution in [3.63, 3.8) is 0 Å². The molecule has 2 rings (SSSR count). The molecule has 0 aromatic heterocycles. The van der Waals surface area contributed by atoms with Gasteiger partial charge in [-0.25, -0.2) is 4.39 Å². The predicted octanol–water partition coefficient (Wildman–Crippen LogP) is 2.44. The van der Waals surface area contributed by atoms with Gasteiger partial charge in [0, 0.05) is 12.1 Å². The summed E-state index contributed by atoms with van der Waals surface area (Å²) in [7, 11) is 4.23. The summed E-state index contributed by atoms with van der Waals surface area (Å²) in [5, 5.41) is 3.69. The van der Waals surface area contributed by atoms with E-state index in [4.69, 9.17) is 0 Å². The molecule has 1 heterocycles. The summed E-state index contributed by atoms with van der Waals surface area (Å²) >= 11 is 0. The SMILES string of the molecule is CN(C)CC1(Cc2ccc(F)cc2)CCCCN1. The largest absolute Gasteiger partial charge is 0.310 e. The standard InChI is InChI=1S/C15H23FN2/c1-18(2)12-15(9-3-4-10-17-15)11-13-5-7-14(16)8-6-13/h5-8,17H,3-4,9-12H2,1-2H3. The van der Waals surface area contributed by atoms with Crippen molar-refractivity contribution < 1.29 is 4.39 Å². The van der Waals surface area contributed by atoms with Gasteiger partial charge in [-0.05, 0) is 57.6 Å². The Morgan fingerprint density at radius 3 is 2.50 bits per heavy atom. The zero-order valence-electron chi connectivity index (χ0n) is 11.4. The van der Waals surface area contributed by atoms with Gasteiger partial charge in [0.05, 0.1) is 0 Å². The molecule has 0 aliphatic carbocycles. The summed E-state index contributed by atoms with van der Waals surface area (Å²) in [6.45, 7) is 2.12. The topological polar surface area (TPSA) is 15.3 Å². The average Bonchev–Trinajstić information content (AvgIpc) is 2.32. The quantitative estimate of drug-likeness (QED) is 0.883. The molecule has 1 fully saturated rings. The van der Waals surface area contributed by atoms with Crippen molar-refractivity contribution in [2.45, 2.75) is 31.2 Å². The van der Waals surface area contributed by atoms with Crippen LogP contribution in [0.25, 0.3) is 0 Å². The minimum absolute atomic E-state index is 0.152. The van der Waals surface area contributed by atoms with Gasteiger partial charge in [0.1, 0.15) is 5.82 Å². The number of halogens is 1. The number of rotatable bonds is 4. The highest BCUT2D eigenvalue weighted by Crippen LogP contribution is 2.24. The van der Waals surface area contributed by atoms with Gasteiger partial charge < -0.3 is 10.2 Å². The van der Waals surface area contributed by atoms with E-state index in [1.54, 1.807) is 12.1 Å². The Labute approximate surface area is 109 Å². The second kappa shape index (κ2) is 5.81. The van der Waals surface area contributed by atoms with E-state index >= 15 is 0 Å². The summed E-state index contributed by atoms with van der Waals surface area (Å²) in [5.74, 6) is -0.156. The molecular weight excluding hydrogens is 227 g/mol. The Hall–Kier alpha value is -0.930. The van der Waals surface area contributed by atoms with Crippen molar-refractivity contribution >= 4 is 0 Å². The zero-order valence-corrected chi connectivity index (χ0v) is 11.4. The molecule has 0 spiro atoms. The van der Waals surface area contributed by atoms with Crippen molar-refractivity contribution in [3.8, 4) is 0 Å². The Balaban J connectivity index is 2.11. The predicted molar refractivity (Wildman–Crippen MR) is 73.2 cm³/mol. The third-order valence-electron chi connectivity index (χ3n) is 3.66. The number of hydrogen-bond acceptors (Lipinski definition) is 2. The van der Waals surface area contributed by atoms with Crippen LogP contribution in [0.5, 0.6) is 0 Å². The van der Waals surface area contributed by atoms with Crippen LogP contribution in [0.15, 0.2) is 24.3 Å². The van der Waals surface area contributed by atoms with E-state index in [0.717, 1.165) is 19.5 Å². The highest BCUT2D eigenvalue weighted by Gasteiger charge is 2.32. The molecule has 1 unspecified atom stereocenters. The van der Waals surface area contributed by atoms with Crippen molar-refractivity contribution in [1.29, 1.82) is 0 Å².